The van der Waals surface area contributed by atoms with Crippen molar-refractivity contribution >= 4 is 0 Å². The molecule has 0 aliphatic heterocycles. The van der Waals surface area contributed by atoms with E-state index in [4.69, 9.17) is 5.11 Å². The van der Waals surface area contributed by atoms with E-state index in [0.29, 0.717) is 5.69 Å². The molecule has 0 bridgehead atoms. The van der Waals surface area contributed by atoms with Gasteiger partial charge in [-0.3, -0.25) is 0 Å². The molecule has 0 aliphatic carbocycles. The van der Waals surface area contributed by atoms with Gasteiger partial charge < -0.3 is 5.11 Å². The van der Waals surface area contributed by atoms with Gasteiger partial charge in [0, 0.05) is 5.56 Å². The van der Waals surface area contributed by atoms with Gasteiger partial charge in [0.2, 0.25) is 0 Å². The second-order valence-corrected chi connectivity index (χ2v) is 3.36. The van der Waals surface area contributed by atoms with Crippen molar-refractivity contribution in [3.05, 3.63) is 60.2 Å². The zero-order valence-electron chi connectivity index (χ0n) is 8.37. The molecule has 0 saturated heterocycles. The summed E-state index contributed by atoms with van der Waals surface area (Å²) in [7, 11) is 0. The van der Waals surface area contributed by atoms with Crippen LogP contribution in [0, 0.1) is 0 Å². The van der Waals surface area contributed by atoms with Crippen LogP contribution in [0.4, 0.5) is 0 Å². The Morgan fingerprint density at radius 1 is 1.20 bits per heavy atom. The fraction of sp³-hybridized carbons (Fsp3) is 0.167. The number of aromatic nitrogens is 2. The van der Waals surface area contributed by atoms with E-state index in [1.54, 1.807) is 6.20 Å². The van der Waals surface area contributed by atoms with E-state index in [9.17, 15) is 0 Å². The largest absolute Gasteiger partial charge is 0.390 e. The number of benzene rings is 1. The molecule has 1 aromatic heterocycles. The number of hydrogen-bond acceptors (Lipinski definition) is 2. The van der Waals surface area contributed by atoms with Crippen LogP contribution in [-0.2, 0) is 13.2 Å². The first-order valence-electron chi connectivity index (χ1n) is 4.87. The summed E-state index contributed by atoms with van der Waals surface area (Å²) in [6.45, 7) is 0.784. The number of aliphatic hydroxyl groups excluding tert-OH is 1. The number of aliphatic hydroxyl groups is 1. The summed E-state index contributed by atoms with van der Waals surface area (Å²) in [5.74, 6) is 0. The maximum atomic E-state index is 8.95. The molecule has 0 saturated carbocycles. The molecule has 2 rings (SSSR count). The van der Waals surface area contributed by atoms with Crippen molar-refractivity contribution in [2.75, 3.05) is 0 Å². The summed E-state index contributed by atoms with van der Waals surface area (Å²) in [5, 5.41) is 8.95. The maximum absolute atomic E-state index is 8.95. The number of rotatable bonds is 3. The van der Waals surface area contributed by atoms with Crippen molar-refractivity contribution in [1.82, 2.24) is 4.98 Å². The summed E-state index contributed by atoms with van der Waals surface area (Å²) < 4.78 is 2.01. The van der Waals surface area contributed by atoms with E-state index in [0.717, 1.165) is 6.54 Å². The highest BCUT2D eigenvalue weighted by molar-refractivity contribution is 5.13. The minimum Gasteiger partial charge on any atom is -0.390 e. The molecule has 15 heavy (non-hydrogen) atoms. The van der Waals surface area contributed by atoms with Crippen molar-refractivity contribution in [1.29, 1.82) is 0 Å². The fourth-order valence-corrected chi connectivity index (χ4v) is 1.46. The Kier molecular flexibility index (Phi) is 3.05. The lowest BCUT2D eigenvalue weighted by molar-refractivity contribution is -0.689. The molecule has 0 spiro atoms. The molecular weight excluding hydrogens is 188 g/mol. The Morgan fingerprint density at radius 3 is 2.73 bits per heavy atom. The van der Waals surface area contributed by atoms with E-state index in [1.807, 2.05) is 35.2 Å². The summed E-state index contributed by atoms with van der Waals surface area (Å²) in [5.41, 5.74) is 1.92. The van der Waals surface area contributed by atoms with Gasteiger partial charge in [0.15, 0.2) is 18.9 Å². The highest BCUT2D eigenvalue weighted by Crippen LogP contribution is 1.97. The highest BCUT2D eigenvalue weighted by atomic mass is 16.3. The minimum absolute atomic E-state index is 0.0182. The molecule has 0 radical (unpaired) electrons. The third-order valence-corrected chi connectivity index (χ3v) is 2.18. The molecule has 0 fully saturated rings. The van der Waals surface area contributed by atoms with Crippen LogP contribution in [0.2, 0.25) is 0 Å². The zero-order valence-corrected chi connectivity index (χ0v) is 8.37. The molecule has 3 nitrogen and oxygen atoms in total. The molecule has 1 heterocycles. The Morgan fingerprint density at radius 2 is 2.00 bits per heavy atom. The van der Waals surface area contributed by atoms with Gasteiger partial charge >= 0.3 is 0 Å². The molecular formula is C12H13N2O+. The Hall–Kier alpha value is -1.74. The van der Waals surface area contributed by atoms with Gasteiger partial charge in [-0.05, 0) is 0 Å². The van der Waals surface area contributed by atoms with Crippen LogP contribution in [0.15, 0.2) is 48.9 Å². The first-order chi connectivity index (χ1) is 7.38. The van der Waals surface area contributed by atoms with E-state index in [-0.39, 0.29) is 6.61 Å². The van der Waals surface area contributed by atoms with Gasteiger partial charge in [0.05, 0.1) is 12.8 Å². The molecule has 1 N–H and O–H groups in total. The molecule has 0 amide bonds. The van der Waals surface area contributed by atoms with Crippen molar-refractivity contribution in [3.63, 3.8) is 0 Å². The van der Waals surface area contributed by atoms with Gasteiger partial charge in [-0.25, -0.2) is 4.98 Å². The monoisotopic (exact) mass is 201 g/mol. The first-order valence-corrected chi connectivity index (χ1v) is 4.87. The van der Waals surface area contributed by atoms with Gasteiger partial charge in [-0.2, -0.15) is 4.57 Å². The van der Waals surface area contributed by atoms with Gasteiger partial charge in [0.25, 0.3) is 0 Å². The lowest BCUT2D eigenvalue weighted by atomic mass is 10.2. The Bertz CT molecular complexity index is 429. The van der Waals surface area contributed by atoms with Crippen LogP contribution in [-0.4, -0.2) is 10.1 Å². The topological polar surface area (TPSA) is 37.0 Å². The Labute approximate surface area is 88.7 Å². The predicted molar refractivity (Wildman–Crippen MR) is 55.9 cm³/mol. The Balaban J connectivity index is 2.17. The smallest absolute Gasteiger partial charge is 0.193 e. The molecule has 3 heteroatoms. The highest BCUT2D eigenvalue weighted by Gasteiger charge is 2.03. The van der Waals surface area contributed by atoms with Crippen LogP contribution in [0.5, 0.6) is 0 Å². The SMILES string of the molecule is OCc1c[n+](Cc2ccccc2)ccn1. The molecule has 2 aromatic rings. The van der Waals surface area contributed by atoms with Crippen molar-refractivity contribution in [2.45, 2.75) is 13.2 Å². The third kappa shape index (κ3) is 2.60. The quantitative estimate of drug-likeness (QED) is 0.749. The lowest BCUT2D eigenvalue weighted by Gasteiger charge is -1.98. The average Bonchev–Trinajstić information content (AvgIpc) is 2.31. The first kappa shape index (κ1) is 9.80. The van der Waals surface area contributed by atoms with Gasteiger partial charge in [0.1, 0.15) is 5.69 Å². The van der Waals surface area contributed by atoms with Crippen molar-refractivity contribution < 1.29 is 9.67 Å². The summed E-state index contributed by atoms with van der Waals surface area (Å²) >= 11 is 0. The third-order valence-electron chi connectivity index (χ3n) is 2.18. The van der Waals surface area contributed by atoms with Crippen LogP contribution in [0.3, 0.4) is 0 Å². The van der Waals surface area contributed by atoms with E-state index < -0.39 is 0 Å². The maximum Gasteiger partial charge on any atom is 0.193 e. The second-order valence-electron chi connectivity index (χ2n) is 3.36. The van der Waals surface area contributed by atoms with Crippen LogP contribution >= 0.6 is 0 Å². The average molecular weight is 201 g/mol. The summed E-state index contributed by atoms with van der Waals surface area (Å²) in [6.07, 6.45) is 5.45. The second kappa shape index (κ2) is 4.66. The van der Waals surface area contributed by atoms with Gasteiger partial charge in [-0.15, -0.1) is 0 Å². The molecule has 0 atom stereocenters. The number of nitrogens with zero attached hydrogens (tertiary/aromatic N) is 2. The van der Waals surface area contributed by atoms with E-state index in [2.05, 4.69) is 17.1 Å². The zero-order chi connectivity index (χ0) is 10.5. The summed E-state index contributed by atoms with van der Waals surface area (Å²) in [4.78, 5) is 4.03. The molecule has 1 aromatic carbocycles. The van der Waals surface area contributed by atoms with Crippen LogP contribution in [0.1, 0.15) is 11.3 Å². The van der Waals surface area contributed by atoms with Crippen molar-refractivity contribution in [3.8, 4) is 0 Å². The van der Waals surface area contributed by atoms with Crippen LogP contribution in [0.25, 0.3) is 0 Å². The van der Waals surface area contributed by atoms with Crippen LogP contribution < -0.4 is 4.57 Å². The van der Waals surface area contributed by atoms with E-state index in [1.165, 1.54) is 5.56 Å². The molecule has 0 unspecified atom stereocenters. The predicted octanol–water partition coefficient (Wildman–Crippen LogP) is 0.910. The fourth-order valence-electron chi connectivity index (χ4n) is 1.46. The standard InChI is InChI=1S/C12H13N2O/c15-10-12-9-14(7-6-13-12)8-11-4-2-1-3-5-11/h1-7,9,15H,8,10H2/q+1. The van der Waals surface area contributed by atoms with E-state index >= 15 is 0 Å². The van der Waals surface area contributed by atoms with Crippen molar-refractivity contribution in [2.24, 2.45) is 0 Å². The lowest BCUT2D eigenvalue weighted by Crippen LogP contribution is -2.34. The summed E-state index contributed by atoms with van der Waals surface area (Å²) in [6, 6.07) is 10.2. The number of hydrogen-bond donors (Lipinski definition) is 1. The minimum atomic E-state index is -0.0182. The van der Waals surface area contributed by atoms with Gasteiger partial charge in [-0.1, -0.05) is 30.3 Å². The molecule has 0 aliphatic rings. The molecule has 76 valence electrons. The normalized spacial score (nSPS) is 10.2.